The molecule has 1 rings (SSSR count). The first kappa shape index (κ1) is 12.1. The van der Waals surface area contributed by atoms with Gasteiger partial charge < -0.3 is 10.1 Å². The van der Waals surface area contributed by atoms with Gasteiger partial charge in [0.15, 0.2) is 0 Å². The van der Waals surface area contributed by atoms with Crippen LogP contribution < -0.4 is 10.1 Å². The Morgan fingerprint density at radius 3 is 2.47 bits per heavy atom. The Kier molecular flexibility index (Phi) is 5.19. The van der Waals surface area contributed by atoms with E-state index >= 15 is 0 Å². The zero-order chi connectivity index (χ0) is 11.1. The van der Waals surface area contributed by atoms with Gasteiger partial charge in [-0.15, -0.1) is 0 Å². The number of hydrogen-bond donors (Lipinski definition) is 1. The monoisotopic (exact) mass is 207 g/mol. The van der Waals surface area contributed by atoms with Crippen molar-refractivity contribution in [3.8, 4) is 5.75 Å². The van der Waals surface area contributed by atoms with Crippen LogP contribution in [0.2, 0.25) is 0 Å². The Balaban J connectivity index is 2.31. The minimum Gasteiger partial charge on any atom is -0.497 e. The minimum atomic E-state index is 0.753. The second kappa shape index (κ2) is 6.46. The standard InChI is InChI=1S/C13H21NO/c1-4-11(2)9-14-10-12-5-7-13(15-3)8-6-12/h5-8,11,14H,4,9-10H2,1-3H3/t11-/m1/s1. The molecule has 0 heterocycles. The summed E-state index contributed by atoms with van der Waals surface area (Å²) in [7, 11) is 1.69. The molecule has 0 aliphatic rings. The molecule has 2 nitrogen and oxygen atoms in total. The predicted molar refractivity (Wildman–Crippen MR) is 64.2 cm³/mol. The van der Waals surface area contributed by atoms with E-state index < -0.39 is 0 Å². The molecule has 15 heavy (non-hydrogen) atoms. The maximum atomic E-state index is 5.11. The molecule has 0 amide bonds. The van der Waals surface area contributed by atoms with E-state index in [1.807, 2.05) is 12.1 Å². The Morgan fingerprint density at radius 1 is 1.27 bits per heavy atom. The summed E-state index contributed by atoms with van der Waals surface area (Å²) in [6.07, 6.45) is 1.23. The maximum absolute atomic E-state index is 5.11. The molecule has 0 aromatic heterocycles. The quantitative estimate of drug-likeness (QED) is 0.774. The SMILES string of the molecule is CC[C@@H](C)CNCc1ccc(OC)cc1. The number of rotatable bonds is 6. The Morgan fingerprint density at radius 2 is 1.93 bits per heavy atom. The average Bonchev–Trinajstić information content (AvgIpc) is 2.29. The average molecular weight is 207 g/mol. The summed E-state index contributed by atoms with van der Waals surface area (Å²) in [4.78, 5) is 0. The predicted octanol–water partition coefficient (Wildman–Crippen LogP) is 2.83. The van der Waals surface area contributed by atoms with E-state index in [9.17, 15) is 0 Å². The highest BCUT2D eigenvalue weighted by molar-refractivity contribution is 5.26. The summed E-state index contributed by atoms with van der Waals surface area (Å²) in [5.41, 5.74) is 1.30. The third kappa shape index (κ3) is 4.34. The summed E-state index contributed by atoms with van der Waals surface area (Å²) in [6.45, 7) is 6.51. The third-order valence-corrected chi connectivity index (χ3v) is 2.68. The van der Waals surface area contributed by atoms with Gasteiger partial charge in [-0.25, -0.2) is 0 Å². The van der Waals surface area contributed by atoms with Gasteiger partial charge in [-0.3, -0.25) is 0 Å². The van der Waals surface area contributed by atoms with E-state index in [0.29, 0.717) is 0 Å². The van der Waals surface area contributed by atoms with E-state index in [2.05, 4.69) is 31.3 Å². The van der Waals surface area contributed by atoms with Gasteiger partial charge in [0, 0.05) is 6.54 Å². The van der Waals surface area contributed by atoms with Crippen molar-refractivity contribution in [3.63, 3.8) is 0 Å². The van der Waals surface area contributed by atoms with E-state index in [4.69, 9.17) is 4.74 Å². The lowest BCUT2D eigenvalue weighted by molar-refractivity contribution is 0.414. The van der Waals surface area contributed by atoms with Crippen molar-refractivity contribution in [3.05, 3.63) is 29.8 Å². The lowest BCUT2D eigenvalue weighted by atomic mass is 10.1. The Labute approximate surface area is 92.6 Å². The zero-order valence-electron chi connectivity index (χ0n) is 9.92. The number of nitrogens with one attached hydrogen (secondary N) is 1. The lowest BCUT2D eigenvalue weighted by Gasteiger charge is -2.10. The first-order valence-corrected chi connectivity index (χ1v) is 5.60. The molecule has 0 spiro atoms. The van der Waals surface area contributed by atoms with Crippen molar-refractivity contribution in [2.45, 2.75) is 26.8 Å². The molecule has 84 valence electrons. The molecule has 1 atom stereocenters. The number of hydrogen-bond acceptors (Lipinski definition) is 2. The van der Waals surface area contributed by atoms with Crippen LogP contribution in [-0.4, -0.2) is 13.7 Å². The minimum absolute atomic E-state index is 0.753. The number of benzene rings is 1. The molecule has 0 radical (unpaired) electrons. The van der Waals surface area contributed by atoms with E-state index in [0.717, 1.165) is 24.8 Å². The van der Waals surface area contributed by atoms with Crippen LogP contribution in [0, 0.1) is 5.92 Å². The zero-order valence-corrected chi connectivity index (χ0v) is 9.92. The molecule has 2 heteroatoms. The number of methoxy groups -OCH3 is 1. The van der Waals surface area contributed by atoms with Gasteiger partial charge in [0.1, 0.15) is 5.75 Å². The van der Waals surface area contributed by atoms with Crippen molar-refractivity contribution in [1.82, 2.24) is 5.32 Å². The van der Waals surface area contributed by atoms with Crippen LogP contribution in [0.3, 0.4) is 0 Å². The topological polar surface area (TPSA) is 21.3 Å². The highest BCUT2D eigenvalue weighted by atomic mass is 16.5. The van der Waals surface area contributed by atoms with Gasteiger partial charge in [-0.05, 0) is 30.2 Å². The van der Waals surface area contributed by atoms with Gasteiger partial charge in [0.05, 0.1) is 7.11 Å². The second-order valence-electron chi connectivity index (χ2n) is 3.99. The molecule has 0 unspecified atom stereocenters. The summed E-state index contributed by atoms with van der Waals surface area (Å²) in [6, 6.07) is 8.20. The van der Waals surface area contributed by atoms with E-state index in [1.54, 1.807) is 7.11 Å². The normalized spacial score (nSPS) is 12.5. The Bertz CT molecular complexity index is 268. The van der Waals surface area contributed by atoms with Crippen LogP contribution in [0.1, 0.15) is 25.8 Å². The van der Waals surface area contributed by atoms with Gasteiger partial charge in [0.2, 0.25) is 0 Å². The number of ether oxygens (including phenoxy) is 1. The second-order valence-corrected chi connectivity index (χ2v) is 3.99. The van der Waals surface area contributed by atoms with Crippen molar-refractivity contribution >= 4 is 0 Å². The molecule has 0 saturated carbocycles. The fourth-order valence-corrected chi connectivity index (χ4v) is 1.35. The molecular formula is C13H21NO. The van der Waals surface area contributed by atoms with Crippen LogP contribution in [0.15, 0.2) is 24.3 Å². The summed E-state index contributed by atoms with van der Waals surface area (Å²) in [5, 5.41) is 3.45. The first-order chi connectivity index (χ1) is 7.26. The molecule has 1 N–H and O–H groups in total. The fourth-order valence-electron chi connectivity index (χ4n) is 1.35. The van der Waals surface area contributed by atoms with Gasteiger partial charge in [-0.2, -0.15) is 0 Å². The Hall–Kier alpha value is -1.02. The lowest BCUT2D eigenvalue weighted by Crippen LogP contribution is -2.20. The van der Waals surface area contributed by atoms with Crippen molar-refractivity contribution in [2.24, 2.45) is 5.92 Å². The van der Waals surface area contributed by atoms with Crippen molar-refractivity contribution in [2.75, 3.05) is 13.7 Å². The summed E-state index contributed by atoms with van der Waals surface area (Å²) >= 11 is 0. The highest BCUT2D eigenvalue weighted by Gasteiger charge is 1.98. The molecule has 0 bridgehead atoms. The van der Waals surface area contributed by atoms with Crippen LogP contribution in [0.25, 0.3) is 0 Å². The first-order valence-electron chi connectivity index (χ1n) is 5.60. The van der Waals surface area contributed by atoms with Gasteiger partial charge >= 0.3 is 0 Å². The summed E-state index contributed by atoms with van der Waals surface area (Å²) < 4.78 is 5.11. The van der Waals surface area contributed by atoms with Gasteiger partial charge in [-0.1, -0.05) is 32.4 Å². The molecule has 0 saturated heterocycles. The van der Waals surface area contributed by atoms with Crippen molar-refractivity contribution < 1.29 is 4.74 Å². The van der Waals surface area contributed by atoms with Crippen molar-refractivity contribution in [1.29, 1.82) is 0 Å². The van der Waals surface area contributed by atoms with Crippen LogP contribution in [-0.2, 0) is 6.54 Å². The largest absolute Gasteiger partial charge is 0.497 e. The maximum Gasteiger partial charge on any atom is 0.118 e. The molecule has 0 aliphatic carbocycles. The molecule has 0 aliphatic heterocycles. The highest BCUT2D eigenvalue weighted by Crippen LogP contribution is 2.11. The third-order valence-electron chi connectivity index (χ3n) is 2.68. The van der Waals surface area contributed by atoms with Crippen LogP contribution in [0.4, 0.5) is 0 Å². The summed E-state index contributed by atoms with van der Waals surface area (Å²) in [5.74, 6) is 1.67. The van der Waals surface area contributed by atoms with E-state index in [1.165, 1.54) is 12.0 Å². The molecular weight excluding hydrogens is 186 g/mol. The molecule has 1 aromatic rings. The van der Waals surface area contributed by atoms with Crippen LogP contribution >= 0.6 is 0 Å². The molecule has 0 fully saturated rings. The molecule has 1 aromatic carbocycles. The fraction of sp³-hybridized carbons (Fsp3) is 0.538. The van der Waals surface area contributed by atoms with Crippen LogP contribution in [0.5, 0.6) is 5.75 Å². The van der Waals surface area contributed by atoms with Gasteiger partial charge in [0.25, 0.3) is 0 Å². The smallest absolute Gasteiger partial charge is 0.118 e. The van der Waals surface area contributed by atoms with E-state index in [-0.39, 0.29) is 0 Å².